The molecule has 1 aromatic carbocycles. The van der Waals surface area contributed by atoms with E-state index in [4.69, 9.17) is 17.3 Å². The Balaban J connectivity index is 3.04. The highest BCUT2D eigenvalue weighted by Crippen LogP contribution is 2.17. The van der Waals surface area contributed by atoms with Gasteiger partial charge in [0.25, 0.3) is 0 Å². The second-order valence-corrected chi connectivity index (χ2v) is 3.34. The summed E-state index contributed by atoms with van der Waals surface area (Å²) in [6.07, 6.45) is 0.718. The minimum atomic E-state index is -0.912. The van der Waals surface area contributed by atoms with Gasteiger partial charge in [0.05, 0.1) is 5.54 Å². The number of nitrogens with two attached hydrogens (primary N) is 1. The predicted octanol–water partition coefficient (Wildman–Crippen LogP) is 1.71. The van der Waals surface area contributed by atoms with Crippen molar-refractivity contribution in [1.82, 2.24) is 0 Å². The first-order valence-electron chi connectivity index (χ1n) is 3.57. The van der Waals surface area contributed by atoms with E-state index in [1.54, 1.807) is 31.2 Å². The first kappa shape index (κ1) is 9.23. The van der Waals surface area contributed by atoms with Crippen LogP contribution in [-0.4, -0.2) is 6.29 Å². The third-order valence-electron chi connectivity index (χ3n) is 1.71. The number of carbonyl (C=O) groups is 1. The van der Waals surface area contributed by atoms with E-state index in [1.807, 2.05) is 0 Å². The predicted molar refractivity (Wildman–Crippen MR) is 49.1 cm³/mol. The molecule has 0 radical (unpaired) electrons. The zero-order valence-electron chi connectivity index (χ0n) is 6.75. The molecule has 0 aliphatic heterocycles. The molecular weight excluding hydrogens is 174 g/mol. The molecule has 64 valence electrons. The normalized spacial score (nSPS) is 15.2. The van der Waals surface area contributed by atoms with Crippen molar-refractivity contribution >= 4 is 17.9 Å². The van der Waals surface area contributed by atoms with Crippen LogP contribution in [0.2, 0.25) is 5.02 Å². The summed E-state index contributed by atoms with van der Waals surface area (Å²) in [7, 11) is 0. The van der Waals surface area contributed by atoms with E-state index in [2.05, 4.69) is 0 Å². The molecule has 2 nitrogen and oxygen atoms in total. The standard InChI is InChI=1S/C9H10ClNO/c1-9(11,6-12)7-2-4-8(10)5-3-7/h2-6H,11H2,1H3. The highest BCUT2D eigenvalue weighted by molar-refractivity contribution is 6.30. The maximum Gasteiger partial charge on any atom is 0.144 e. The Morgan fingerprint density at radius 1 is 1.42 bits per heavy atom. The van der Waals surface area contributed by atoms with Crippen LogP contribution in [0.3, 0.4) is 0 Å². The number of aldehydes is 1. The summed E-state index contributed by atoms with van der Waals surface area (Å²) in [6.45, 7) is 1.66. The lowest BCUT2D eigenvalue weighted by Gasteiger charge is -2.16. The molecule has 0 aliphatic rings. The Morgan fingerprint density at radius 3 is 2.33 bits per heavy atom. The van der Waals surface area contributed by atoms with Crippen LogP contribution in [-0.2, 0) is 10.3 Å². The van der Waals surface area contributed by atoms with Crippen molar-refractivity contribution in [2.24, 2.45) is 5.73 Å². The zero-order chi connectivity index (χ0) is 9.19. The van der Waals surface area contributed by atoms with Crippen LogP contribution in [0.15, 0.2) is 24.3 Å². The average molecular weight is 184 g/mol. The SMILES string of the molecule is CC(N)(C=O)c1ccc(Cl)cc1. The van der Waals surface area contributed by atoms with Crippen molar-refractivity contribution in [3.63, 3.8) is 0 Å². The van der Waals surface area contributed by atoms with Crippen molar-refractivity contribution < 1.29 is 4.79 Å². The summed E-state index contributed by atoms with van der Waals surface area (Å²) >= 11 is 5.68. The van der Waals surface area contributed by atoms with Crippen LogP contribution in [0.1, 0.15) is 12.5 Å². The third-order valence-corrected chi connectivity index (χ3v) is 1.96. The van der Waals surface area contributed by atoms with Gasteiger partial charge in [0.1, 0.15) is 6.29 Å². The Labute approximate surface area is 76.3 Å². The molecule has 0 saturated heterocycles. The van der Waals surface area contributed by atoms with E-state index in [-0.39, 0.29) is 0 Å². The zero-order valence-corrected chi connectivity index (χ0v) is 7.51. The summed E-state index contributed by atoms with van der Waals surface area (Å²) in [5, 5.41) is 0.639. The van der Waals surface area contributed by atoms with E-state index >= 15 is 0 Å². The van der Waals surface area contributed by atoms with Crippen molar-refractivity contribution in [2.45, 2.75) is 12.5 Å². The van der Waals surface area contributed by atoms with Gasteiger partial charge in [-0.2, -0.15) is 0 Å². The monoisotopic (exact) mass is 183 g/mol. The van der Waals surface area contributed by atoms with E-state index in [0.29, 0.717) is 5.02 Å². The molecule has 0 heterocycles. The molecule has 0 fully saturated rings. The van der Waals surface area contributed by atoms with Gasteiger partial charge in [-0.1, -0.05) is 23.7 Å². The van der Waals surface area contributed by atoms with Crippen LogP contribution < -0.4 is 5.73 Å². The molecule has 0 spiro atoms. The molecule has 12 heavy (non-hydrogen) atoms. The average Bonchev–Trinajstić information content (AvgIpc) is 2.05. The first-order chi connectivity index (χ1) is 5.56. The van der Waals surface area contributed by atoms with Crippen LogP contribution in [0.4, 0.5) is 0 Å². The maximum absolute atomic E-state index is 10.6. The first-order valence-corrected chi connectivity index (χ1v) is 3.95. The number of hydrogen-bond donors (Lipinski definition) is 1. The second-order valence-electron chi connectivity index (χ2n) is 2.91. The van der Waals surface area contributed by atoms with E-state index in [0.717, 1.165) is 11.8 Å². The molecule has 1 unspecified atom stereocenters. The van der Waals surface area contributed by atoms with Crippen molar-refractivity contribution in [3.05, 3.63) is 34.9 Å². The molecule has 3 heteroatoms. The highest BCUT2D eigenvalue weighted by Gasteiger charge is 2.19. The molecule has 2 N–H and O–H groups in total. The van der Waals surface area contributed by atoms with Gasteiger partial charge in [0.15, 0.2) is 0 Å². The molecule has 0 aromatic heterocycles. The number of benzene rings is 1. The molecule has 1 atom stereocenters. The van der Waals surface area contributed by atoms with Crippen molar-refractivity contribution in [3.8, 4) is 0 Å². The van der Waals surface area contributed by atoms with Crippen molar-refractivity contribution in [1.29, 1.82) is 0 Å². The summed E-state index contributed by atoms with van der Waals surface area (Å²) in [4.78, 5) is 10.6. The molecule has 0 saturated carbocycles. The van der Waals surface area contributed by atoms with Gasteiger partial charge in [-0.15, -0.1) is 0 Å². The van der Waals surface area contributed by atoms with Gasteiger partial charge in [-0.3, -0.25) is 0 Å². The topological polar surface area (TPSA) is 43.1 Å². The quantitative estimate of drug-likeness (QED) is 0.710. The Bertz CT molecular complexity index is 279. The molecule has 1 aromatic rings. The third kappa shape index (κ3) is 1.84. The summed E-state index contributed by atoms with van der Waals surface area (Å²) in [5.74, 6) is 0. The number of carbonyl (C=O) groups excluding carboxylic acids is 1. The lowest BCUT2D eigenvalue weighted by Crippen LogP contribution is -2.34. The van der Waals surface area contributed by atoms with Crippen LogP contribution in [0.5, 0.6) is 0 Å². The highest BCUT2D eigenvalue weighted by atomic mass is 35.5. The molecule has 0 aliphatic carbocycles. The van der Waals surface area contributed by atoms with Gasteiger partial charge in [0.2, 0.25) is 0 Å². The van der Waals surface area contributed by atoms with Crippen LogP contribution in [0, 0.1) is 0 Å². The largest absolute Gasteiger partial charge is 0.316 e. The van der Waals surface area contributed by atoms with E-state index < -0.39 is 5.54 Å². The Kier molecular flexibility index (Phi) is 2.50. The van der Waals surface area contributed by atoms with Crippen LogP contribution in [0.25, 0.3) is 0 Å². The molecule has 1 rings (SSSR count). The van der Waals surface area contributed by atoms with Gasteiger partial charge in [-0.05, 0) is 24.6 Å². The minimum Gasteiger partial charge on any atom is -0.316 e. The number of halogens is 1. The molecule has 0 bridgehead atoms. The van der Waals surface area contributed by atoms with Crippen molar-refractivity contribution in [2.75, 3.05) is 0 Å². The fourth-order valence-electron chi connectivity index (χ4n) is 0.877. The fourth-order valence-corrected chi connectivity index (χ4v) is 1.00. The minimum absolute atomic E-state index is 0.639. The Hall–Kier alpha value is -0.860. The summed E-state index contributed by atoms with van der Waals surface area (Å²) < 4.78 is 0. The maximum atomic E-state index is 10.6. The number of hydrogen-bond acceptors (Lipinski definition) is 2. The van der Waals surface area contributed by atoms with Gasteiger partial charge < -0.3 is 10.5 Å². The molecular formula is C9H10ClNO. The summed E-state index contributed by atoms with van der Waals surface area (Å²) in [5.41, 5.74) is 5.53. The van der Waals surface area contributed by atoms with Gasteiger partial charge in [0, 0.05) is 5.02 Å². The van der Waals surface area contributed by atoms with Gasteiger partial charge >= 0.3 is 0 Å². The lowest BCUT2D eigenvalue weighted by molar-refractivity contribution is -0.112. The molecule has 0 amide bonds. The summed E-state index contributed by atoms with van der Waals surface area (Å²) in [6, 6.07) is 6.92. The fraction of sp³-hybridized carbons (Fsp3) is 0.222. The van der Waals surface area contributed by atoms with E-state index in [1.165, 1.54) is 0 Å². The Morgan fingerprint density at radius 2 is 1.92 bits per heavy atom. The van der Waals surface area contributed by atoms with Gasteiger partial charge in [-0.25, -0.2) is 0 Å². The number of rotatable bonds is 2. The van der Waals surface area contributed by atoms with E-state index in [9.17, 15) is 4.79 Å². The smallest absolute Gasteiger partial charge is 0.144 e. The van der Waals surface area contributed by atoms with Crippen LogP contribution >= 0.6 is 11.6 Å². The second kappa shape index (κ2) is 3.25. The lowest BCUT2D eigenvalue weighted by atomic mass is 9.95.